The summed E-state index contributed by atoms with van der Waals surface area (Å²) in [5.41, 5.74) is 3.78. The number of benzene rings is 1. The molecule has 5 bridgehead atoms. The van der Waals surface area contributed by atoms with Crippen molar-refractivity contribution in [3.63, 3.8) is 0 Å². The molecular formula is C24H26N2O4. The molecule has 5 fully saturated rings. The number of carbonyl (C=O) groups is 2. The third-order valence-corrected chi connectivity index (χ3v) is 8.37. The number of piperidine rings is 4. The third kappa shape index (κ3) is 1.92. The Kier molecular flexibility index (Phi) is 3.55. The van der Waals surface area contributed by atoms with E-state index in [1.54, 1.807) is 0 Å². The highest BCUT2D eigenvalue weighted by Crippen LogP contribution is 2.71. The van der Waals surface area contributed by atoms with Crippen LogP contribution in [-0.2, 0) is 24.5 Å². The lowest BCUT2D eigenvalue weighted by Gasteiger charge is -2.60. The van der Waals surface area contributed by atoms with Crippen LogP contribution in [0.15, 0.2) is 40.9 Å². The predicted molar refractivity (Wildman–Crippen MR) is 111 cm³/mol. The van der Waals surface area contributed by atoms with Crippen molar-refractivity contribution in [2.75, 3.05) is 13.2 Å². The minimum absolute atomic E-state index is 0.193. The van der Waals surface area contributed by atoms with E-state index in [0.717, 1.165) is 36.3 Å². The molecule has 0 N–H and O–H groups in total. The molecule has 7 atom stereocenters. The van der Waals surface area contributed by atoms with E-state index < -0.39 is 16.9 Å². The molecule has 3 unspecified atom stereocenters. The van der Waals surface area contributed by atoms with Crippen molar-refractivity contribution in [3.8, 4) is 0 Å². The van der Waals surface area contributed by atoms with Crippen LogP contribution in [0.1, 0.15) is 39.2 Å². The molecule has 6 aliphatic rings. The normalized spacial score (nSPS) is 42.7. The van der Waals surface area contributed by atoms with Crippen LogP contribution in [0.5, 0.6) is 0 Å². The van der Waals surface area contributed by atoms with Crippen LogP contribution in [0.2, 0.25) is 0 Å². The maximum Gasteiger partial charge on any atom is 0.302 e. The van der Waals surface area contributed by atoms with Crippen molar-refractivity contribution in [2.45, 2.75) is 57.2 Å². The second kappa shape index (κ2) is 5.82. The molecule has 5 heterocycles. The fourth-order valence-electron chi connectivity index (χ4n) is 7.52. The lowest BCUT2D eigenvalue weighted by molar-refractivity contribution is -0.177. The quantitative estimate of drug-likeness (QED) is 0.570. The van der Waals surface area contributed by atoms with Gasteiger partial charge in [-0.2, -0.15) is 0 Å². The molecule has 1 spiro atoms. The number of rotatable bonds is 3. The van der Waals surface area contributed by atoms with E-state index in [0.29, 0.717) is 0 Å². The van der Waals surface area contributed by atoms with Gasteiger partial charge in [0.2, 0.25) is 0 Å². The van der Waals surface area contributed by atoms with Crippen molar-refractivity contribution < 1.29 is 19.1 Å². The van der Waals surface area contributed by atoms with Gasteiger partial charge in [0.25, 0.3) is 0 Å². The second-order valence-corrected chi connectivity index (χ2v) is 9.43. The maximum absolute atomic E-state index is 12.4. The molecule has 0 aromatic heterocycles. The predicted octanol–water partition coefficient (Wildman–Crippen LogP) is 2.93. The molecular weight excluding hydrogens is 380 g/mol. The number of para-hydroxylation sites is 1. The van der Waals surface area contributed by atoms with E-state index >= 15 is 0 Å². The molecule has 1 saturated carbocycles. The van der Waals surface area contributed by atoms with E-state index in [4.69, 9.17) is 14.5 Å². The van der Waals surface area contributed by atoms with Crippen LogP contribution in [0.25, 0.3) is 0 Å². The molecule has 0 radical (unpaired) electrons. The summed E-state index contributed by atoms with van der Waals surface area (Å²) in [5.74, 6) is -0.365. The van der Waals surface area contributed by atoms with E-state index in [1.165, 1.54) is 19.4 Å². The number of hydrogen-bond donors (Lipinski definition) is 0. The monoisotopic (exact) mass is 406 g/mol. The fourth-order valence-corrected chi connectivity index (χ4v) is 7.52. The SMILES string of the molecule is C/C=C1/CN2C3CC45C(=Nc6ccccc64)[C@@H]2C[C@@H]1[C@]3(COC(C)=O)[C@@H]5OC(C)=O. The van der Waals surface area contributed by atoms with Gasteiger partial charge in [-0.25, -0.2) is 0 Å². The number of carbonyl (C=O) groups excluding carboxylic acids is 2. The number of ether oxygens (including phenoxy) is 2. The first-order valence-corrected chi connectivity index (χ1v) is 10.8. The standard InChI is InChI=1S/C24H26N2O4/c1-4-15-11-26-19-9-17(15)24(12-29-13(2)27)20(26)10-23(22(24)30-14(3)28)16-7-5-6-8-18(16)25-21(19)23/h4-8,17,19-20,22H,9-12H2,1-3H3/b15-4-/t17-,19-,20?,22+,23?,24-/m0/s1. The van der Waals surface area contributed by atoms with E-state index in [-0.39, 0.29) is 36.5 Å². The Bertz CT molecular complexity index is 1050. The summed E-state index contributed by atoms with van der Waals surface area (Å²) in [4.78, 5) is 32.0. The summed E-state index contributed by atoms with van der Waals surface area (Å²) in [6.07, 6.45) is 3.59. The summed E-state index contributed by atoms with van der Waals surface area (Å²) in [6.45, 7) is 6.20. The molecule has 7 rings (SSSR count). The van der Waals surface area contributed by atoms with Crippen molar-refractivity contribution in [1.82, 2.24) is 4.90 Å². The lowest BCUT2D eigenvalue weighted by atomic mass is 9.59. The average Bonchev–Trinajstić information content (AvgIpc) is 3.18. The number of esters is 2. The molecule has 6 heteroatoms. The Labute approximate surface area is 175 Å². The third-order valence-electron chi connectivity index (χ3n) is 8.37. The Morgan fingerprint density at radius 1 is 1.27 bits per heavy atom. The first-order valence-electron chi connectivity index (χ1n) is 10.8. The minimum Gasteiger partial charge on any atom is -0.465 e. The van der Waals surface area contributed by atoms with Gasteiger partial charge in [0, 0.05) is 26.4 Å². The summed E-state index contributed by atoms with van der Waals surface area (Å²) in [7, 11) is 0. The van der Waals surface area contributed by atoms with Gasteiger partial charge in [-0.05, 0) is 37.3 Å². The molecule has 4 saturated heterocycles. The van der Waals surface area contributed by atoms with E-state index in [9.17, 15) is 9.59 Å². The first kappa shape index (κ1) is 18.3. The van der Waals surface area contributed by atoms with Crippen LogP contribution in [0.4, 0.5) is 5.69 Å². The lowest BCUT2D eigenvalue weighted by Crippen LogP contribution is -2.69. The number of nitrogens with zero attached hydrogens (tertiary/aromatic N) is 2. The molecule has 156 valence electrons. The van der Waals surface area contributed by atoms with Crippen molar-refractivity contribution in [1.29, 1.82) is 0 Å². The number of aliphatic imine (C=N–C) groups is 1. The fraction of sp³-hybridized carbons (Fsp3) is 0.542. The first-order chi connectivity index (χ1) is 14.4. The Hall–Kier alpha value is -2.47. The Morgan fingerprint density at radius 3 is 2.80 bits per heavy atom. The van der Waals surface area contributed by atoms with Gasteiger partial charge >= 0.3 is 11.9 Å². The largest absolute Gasteiger partial charge is 0.465 e. The molecule has 6 nitrogen and oxygen atoms in total. The van der Waals surface area contributed by atoms with Crippen LogP contribution >= 0.6 is 0 Å². The van der Waals surface area contributed by atoms with Crippen molar-refractivity contribution >= 4 is 23.3 Å². The van der Waals surface area contributed by atoms with Crippen LogP contribution in [0.3, 0.4) is 0 Å². The summed E-state index contributed by atoms with van der Waals surface area (Å²) in [5, 5.41) is 0. The summed E-state index contributed by atoms with van der Waals surface area (Å²) >= 11 is 0. The smallest absolute Gasteiger partial charge is 0.302 e. The van der Waals surface area contributed by atoms with Crippen molar-refractivity contribution in [3.05, 3.63) is 41.5 Å². The van der Waals surface area contributed by atoms with Gasteiger partial charge in [0.05, 0.1) is 28.3 Å². The maximum atomic E-state index is 12.4. The van der Waals surface area contributed by atoms with Gasteiger partial charge in [-0.3, -0.25) is 19.5 Å². The van der Waals surface area contributed by atoms with Gasteiger partial charge in [0.1, 0.15) is 12.7 Å². The minimum atomic E-state index is -0.456. The highest BCUT2D eigenvalue weighted by atomic mass is 16.6. The zero-order valence-corrected chi connectivity index (χ0v) is 17.6. The van der Waals surface area contributed by atoms with Crippen LogP contribution in [0, 0.1) is 11.3 Å². The molecule has 1 aromatic rings. The van der Waals surface area contributed by atoms with Gasteiger partial charge < -0.3 is 9.47 Å². The zero-order chi connectivity index (χ0) is 20.8. The van der Waals surface area contributed by atoms with Crippen LogP contribution in [-0.4, -0.2) is 53.9 Å². The van der Waals surface area contributed by atoms with Gasteiger partial charge in [-0.15, -0.1) is 0 Å². The van der Waals surface area contributed by atoms with Gasteiger partial charge in [-0.1, -0.05) is 29.8 Å². The van der Waals surface area contributed by atoms with Gasteiger partial charge in [0.15, 0.2) is 0 Å². The number of allylic oxidation sites excluding steroid dienone is 1. The summed E-state index contributed by atoms with van der Waals surface area (Å²) < 4.78 is 12.0. The van der Waals surface area contributed by atoms with E-state index in [1.807, 2.05) is 12.1 Å². The topological polar surface area (TPSA) is 68.2 Å². The molecule has 5 aliphatic heterocycles. The molecule has 1 aliphatic carbocycles. The molecule has 0 amide bonds. The molecule has 30 heavy (non-hydrogen) atoms. The van der Waals surface area contributed by atoms with E-state index in [2.05, 4.69) is 30.0 Å². The summed E-state index contributed by atoms with van der Waals surface area (Å²) in [6, 6.07) is 8.70. The Balaban J connectivity index is 1.63. The van der Waals surface area contributed by atoms with Crippen LogP contribution < -0.4 is 0 Å². The number of hydrogen-bond acceptors (Lipinski definition) is 6. The second-order valence-electron chi connectivity index (χ2n) is 9.43. The molecule has 1 aromatic carbocycles. The average molecular weight is 406 g/mol. The zero-order valence-electron chi connectivity index (χ0n) is 17.6. The highest BCUT2D eigenvalue weighted by molar-refractivity contribution is 6.08. The highest BCUT2D eigenvalue weighted by Gasteiger charge is 2.80. The number of fused-ring (bicyclic) bond motifs is 2. The Morgan fingerprint density at radius 2 is 2.07 bits per heavy atom. The van der Waals surface area contributed by atoms with Crippen molar-refractivity contribution in [2.24, 2.45) is 16.3 Å².